The largest absolute Gasteiger partial charge is 0.341 e. The summed E-state index contributed by atoms with van der Waals surface area (Å²) in [5, 5.41) is 0. The predicted octanol–water partition coefficient (Wildman–Crippen LogP) is 1.32. The summed E-state index contributed by atoms with van der Waals surface area (Å²) in [5.74, 6) is -0.354. The molecule has 1 amide bonds. The van der Waals surface area contributed by atoms with Crippen LogP contribution in [0.15, 0.2) is 24.3 Å². The Bertz CT molecular complexity index is 408. The second-order valence-corrected chi connectivity index (χ2v) is 4.51. The minimum absolute atomic E-state index is 0.0368. The highest BCUT2D eigenvalue weighted by Crippen LogP contribution is 2.12. The summed E-state index contributed by atoms with van der Waals surface area (Å²) < 4.78 is 13.4. The summed E-state index contributed by atoms with van der Waals surface area (Å²) in [6, 6.07) is 6.46. The molecule has 1 aromatic carbocycles. The van der Waals surface area contributed by atoms with Gasteiger partial charge in [-0.3, -0.25) is 4.79 Å². The number of halogens is 1. The number of carbonyl (C=O) groups excluding carboxylic acids is 1. The van der Waals surface area contributed by atoms with Crippen molar-refractivity contribution in [2.75, 3.05) is 13.1 Å². The lowest BCUT2D eigenvalue weighted by Crippen LogP contribution is -2.46. The van der Waals surface area contributed by atoms with E-state index in [-0.39, 0.29) is 24.2 Å². The standard InChI is InChI=1S/C13H17FN2O/c14-12-6-2-1-4-10(12)8-13(17)16-7-3-5-11(15)9-16/h1-2,4,6,11H,3,5,7-9,15H2/t11-/m0/s1. The maximum Gasteiger partial charge on any atom is 0.227 e. The average molecular weight is 236 g/mol. The lowest BCUT2D eigenvalue weighted by atomic mass is 10.0. The smallest absolute Gasteiger partial charge is 0.227 e. The van der Waals surface area contributed by atoms with Crippen LogP contribution in [-0.2, 0) is 11.2 Å². The molecular weight excluding hydrogens is 219 g/mol. The van der Waals surface area contributed by atoms with Crippen LogP contribution < -0.4 is 5.73 Å². The van der Waals surface area contributed by atoms with Crippen molar-refractivity contribution in [3.63, 3.8) is 0 Å². The van der Waals surface area contributed by atoms with E-state index in [2.05, 4.69) is 0 Å². The Morgan fingerprint density at radius 3 is 2.94 bits per heavy atom. The summed E-state index contributed by atoms with van der Waals surface area (Å²) >= 11 is 0. The van der Waals surface area contributed by atoms with Crippen LogP contribution in [0, 0.1) is 5.82 Å². The molecule has 3 nitrogen and oxygen atoms in total. The Kier molecular flexibility index (Phi) is 3.74. The van der Waals surface area contributed by atoms with Crippen LogP contribution in [0.1, 0.15) is 18.4 Å². The van der Waals surface area contributed by atoms with Gasteiger partial charge in [-0.05, 0) is 24.5 Å². The van der Waals surface area contributed by atoms with Gasteiger partial charge in [-0.15, -0.1) is 0 Å². The first kappa shape index (κ1) is 12.0. The molecule has 2 rings (SSSR count). The van der Waals surface area contributed by atoms with Crippen LogP contribution in [0.5, 0.6) is 0 Å². The SMILES string of the molecule is N[C@H]1CCCN(C(=O)Cc2ccccc2F)C1. The van der Waals surface area contributed by atoms with E-state index in [0.717, 1.165) is 19.4 Å². The summed E-state index contributed by atoms with van der Waals surface area (Å²) in [6.07, 6.45) is 2.02. The molecular formula is C13H17FN2O. The quantitative estimate of drug-likeness (QED) is 0.841. The van der Waals surface area contributed by atoms with Crippen molar-refractivity contribution < 1.29 is 9.18 Å². The summed E-state index contributed by atoms with van der Waals surface area (Å²) in [4.78, 5) is 13.7. The first-order chi connectivity index (χ1) is 8.16. The normalized spacial score (nSPS) is 20.4. The third kappa shape index (κ3) is 3.03. The number of likely N-dealkylation sites (tertiary alicyclic amines) is 1. The number of piperidine rings is 1. The summed E-state index contributed by atoms with van der Waals surface area (Å²) in [7, 11) is 0. The molecule has 2 N–H and O–H groups in total. The van der Waals surface area contributed by atoms with Gasteiger partial charge in [-0.2, -0.15) is 0 Å². The van der Waals surface area contributed by atoms with Crippen molar-refractivity contribution in [3.8, 4) is 0 Å². The van der Waals surface area contributed by atoms with Crippen molar-refractivity contribution in [3.05, 3.63) is 35.6 Å². The van der Waals surface area contributed by atoms with Crippen LogP contribution in [0.2, 0.25) is 0 Å². The fraction of sp³-hybridized carbons (Fsp3) is 0.462. The Labute approximate surface area is 100 Å². The van der Waals surface area contributed by atoms with E-state index in [4.69, 9.17) is 5.73 Å². The van der Waals surface area contributed by atoms with Gasteiger partial charge in [0.25, 0.3) is 0 Å². The maximum absolute atomic E-state index is 13.4. The van der Waals surface area contributed by atoms with Gasteiger partial charge in [-0.25, -0.2) is 4.39 Å². The van der Waals surface area contributed by atoms with E-state index in [1.165, 1.54) is 6.07 Å². The fourth-order valence-corrected chi connectivity index (χ4v) is 2.15. The topological polar surface area (TPSA) is 46.3 Å². The molecule has 92 valence electrons. The molecule has 1 aliphatic heterocycles. The molecule has 0 radical (unpaired) electrons. The first-order valence-corrected chi connectivity index (χ1v) is 5.93. The van der Waals surface area contributed by atoms with Gasteiger partial charge in [0, 0.05) is 19.1 Å². The highest BCUT2D eigenvalue weighted by molar-refractivity contribution is 5.79. The third-order valence-corrected chi connectivity index (χ3v) is 3.11. The Morgan fingerprint density at radius 2 is 2.24 bits per heavy atom. The van der Waals surface area contributed by atoms with Crippen LogP contribution in [-0.4, -0.2) is 29.9 Å². The fourth-order valence-electron chi connectivity index (χ4n) is 2.15. The van der Waals surface area contributed by atoms with Gasteiger partial charge in [-0.1, -0.05) is 18.2 Å². The molecule has 0 saturated carbocycles. The number of amides is 1. The molecule has 17 heavy (non-hydrogen) atoms. The van der Waals surface area contributed by atoms with Crippen molar-refractivity contribution in [1.82, 2.24) is 4.90 Å². The Hall–Kier alpha value is -1.42. The second kappa shape index (κ2) is 5.27. The van der Waals surface area contributed by atoms with E-state index < -0.39 is 0 Å². The zero-order valence-electron chi connectivity index (χ0n) is 9.73. The third-order valence-electron chi connectivity index (χ3n) is 3.11. The number of nitrogens with zero attached hydrogens (tertiary/aromatic N) is 1. The van der Waals surface area contributed by atoms with E-state index >= 15 is 0 Å². The molecule has 1 fully saturated rings. The molecule has 0 aliphatic carbocycles. The van der Waals surface area contributed by atoms with Gasteiger partial charge in [0.2, 0.25) is 5.91 Å². The van der Waals surface area contributed by atoms with Crippen molar-refractivity contribution >= 4 is 5.91 Å². The lowest BCUT2D eigenvalue weighted by Gasteiger charge is -2.30. The molecule has 0 spiro atoms. The van der Waals surface area contributed by atoms with E-state index in [9.17, 15) is 9.18 Å². The van der Waals surface area contributed by atoms with Crippen LogP contribution >= 0.6 is 0 Å². The van der Waals surface area contributed by atoms with Gasteiger partial charge in [0.05, 0.1) is 6.42 Å². The van der Waals surface area contributed by atoms with Crippen LogP contribution in [0.3, 0.4) is 0 Å². The highest BCUT2D eigenvalue weighted by atomic mass is 19.1. The number of nitrogens with two attached hydrogens (primary N) is 1. The van der Waals surface area contributed by atoms with Crippen LogP contribution in [0.4, 0.5) is 4.39 Å². The van der Waals surface area contributed by atoms with Gasteiger partial charge < -0.3 is 10.6 Å². The molecule has 0 bridgehead atoms. The molecule has 1 aliphatic rings. The minimum Gasteiger partial charge on any atom is -0.341 e. The average Bonchev–Trinajstić information content (AvgIpc) is 2.32. The molecule has 1 aromatic rings. The number of hydrogen-bond donors (Lipinski definition) is 1. The zero-order valence-corrected chi connectivity index (χ0v) is 9.73. The Morgan fingerprint density at radius 1 is 1.47 bits per heavy atom. The molecule has 4 heteroatoms. The van der Waals surface area contributed by atoms with Crippen molar-refractivity contribution in [1.29, 1.82) is 0 Å². The molecule has 0 unspecified atom stereocenters. The van der Waals surface area contributed by atoms with Crippen LogP contribution in [0.25, 0.3) is 0 Å². The van der Waals surface area contributed by atoms with Crippen molar-refractivity contribution in [2.45, 2.75) is 25.3 Å². The molecule has 1 atom stereocenters. The highest BCUT2D eigenvalue weighted by Gasteiger charge is 2.21. The van der Waals surface area contributed by atoms with Gasteiger partial charge in [0.1, 0.15) is 5.82 Å². The van der Waals surface area contributed by atoms with E-state index in [0.29, 0.717) is 12.1 Å². The van der Waals surface area contributed by atoms with E-state index in [1.807, 2.05) is 0 Å². The summed E-state index contributed by atoms with van der Waals surface area (Å²) in [6.45, 7) is 1.33. The molecule has 1 heterocycles. The monoisotopic (exact) mass is 236 g/mol. The number of carbonyl (C=O) groups is 1. The first-order valence-electron chi connectivity index (χ1n) is 5.93. The molecule has 0 aromatic heterocycles. The molecule has 1 saturated heterocycles. The number of rotatable bonds is 2. The van der Waals surface area contributed by atoms with Gasteiger partial charge >= 0.3 is 0 Å². The van der Waals surface area contributed by atoms with Crippen molar-refractivity contribution in [2.24, 2.45) is 5.73 Å². The number of benzene rings is 1. The minimum atomic E-state index is -0.317. The number of hydrogen-bond acceptors (Lipinski definition) is 2. The maximum atomic E-state index is 13.4. The predicted molar refractivity (Wildman–Crippen MR) is 63.9 cm³/mol. The summed E-state index contributed by atoms with van der Waals surface area (Å²) in [5.41, 5.74) is 6.27. The van der Waals surface area contributed by atoms with Gasteiger partial charge in [0.15, 0.2) is 0 Å². The zero-order chi connectivity index (χ0) is 12.3. The second-order valence-electron chi connectivity index (χ2n) is 4.51. The lowest BCUT2D eigenvalue weighted by molar-refractivity contribution is -0.131. The van der Waals surface area contributed by atoms with E-state index in [1.54, 1.807) is 23.1 Å². The Balaban J connectivity index is 1.99.